The van der Waals surface area contributed by atoms with E-state index in [2.05, 4.69) is 10.6 Å². The van der Waals surface area contributed by atoms with Crippen LogP contribution in [0.3, 0.4) is 0 Å². The number of nitrogens with zero attached hydrogens (tertiary/aromatic N) is 1. The van der Waals surface area contributed by atoms with Gasteiger partial charge in [-0.15, -0.1) is 11.3 Å². The van der Waals surface area contributed by atoms with Gasteiger partial charge >= 0.3 is 12.1 Å². The van der Waals surface area contributed by atoms with E-state index in [0.29, 0.717) is 29.8 Å². The van der Waals surface area contributed by atoms with Crippen LogP contribution in [-0.4, -0.2) is 47.7 Å². The van der Waals surface area contributed by atoms with Crippen molar-refractivity contribution in [1.29, 1.82) is 0 Å². The highest BCUT2D eigenvalue weighted by Gasteiger charge is 2.29. The minimum absolute atomic E-state index is 0.155. The highest BCUT2D eigenvalue weighted by molar-refractivity contribution is 7.18. The molecule has 0 spiro atoms. The number of ether oxygens (including phenoxy) is 1. The molecule has 0 saturated carbocycles. The SMILES string of the molecule is CC(C)(C)OC(=O)N1CCC[C@@H](NC(=O)c2sc(-c3ccc(F)c(F)c3)cc2NC(N)=O)C1. The molecule has 4 N–H and O–H groups in total. The van der Waals surface area contributed by atoms with Crippen LogP contribution in [0.1, 0.15) is 43.3 Å². The molecule has 3 rings (SSSR count). The molecule has 1 aliphatic rings. The Morgan fingerprint density at radius 2 is 1.91 bits per heavy atom. The van der Waals surface area contributed by atoms with E-state index in [1.807, 2.05) is 0 Å². The van der Waals surface area contributed by atoms with Crippen molar-refractivity contribution in [1.82, 2.24) is 10.2 Å². The zero-order valence-electron chi connectivity index (χ0n) is 18.5. The number of thiophene rings is 1. The smallest absolute Gasteiger partial charge is 0.410 e. The molecular weight excluding hydrogens is 454 g/mol. The van der Waals surface area contributed by atoms with Gasteiger partial charge in [-0.2, -0.15) is 0 Å². The van der Waals surface area contributed by atoms with Crippen LogP contribution in [0.15, 0.2) is 24.3 Å². The van der Waals surface area contributed by atoms with Crippen LogP contribution in [0.25, 0.3) is 10.4 Å². The third kappa shape index (κ3) is 6.41. The van der Waals surface area contributed by atoms with E-state index >= 15 is 0 Å². The van der Waals surface area contributed by atoms with Crippen LogP contribution < -0.4 is 16.4 Å². The largest absolute Gasteiger partial charge is 0.444 e. The first-order chi connectivity index (χ1) is 15.4. The summed E-state index contributed by atoms with van der Waals surface area (Å²) in [6.07, 6.45) is 0.890. The van der Waals surface area contributed by atoms with E-state index in [1.54, 1.807) is 25.7 Å². The number of urea groups is 1. The van der Waals surface area contributed by atoms with Gasteiger partial charge in [0.05, 0.1) is 5.69 Å². The number of halogens is 2. The molecule has 1 aliphatic heterocycles. The molecule has 2 aromatic rings. The molecule has 1 saturated heterocycles. The lowest BCUT2D eigenvalue weighted by atomic mass is 10.1. The fraction of sp³-hybridized carbons (Fsp3) is 0.409. The summed E-state index contributed by atoms with van der Waals surface area (Å²) in [5.41, 5.74) is 5.10. The van der Waals surface area contributed by atoms with Gasteiger partial charge in [-0.3, -0.25) is 4.79 Å². The van der Waals surface area contributed by atoms with Crippen LogP contribution >= 0.6 is 11.3 Å². The van der Waals surface area contributed by atoms with Gasteiger partial charge in [0.15, 0.2) is 11.6 Å². The lowest BCUT2D eigenvalue weighted by Crippen LogP contribution is -2.50. The third-order valence-corrected chi connectivity index (χ3v) is 5.99. The molecule has 33 heavy (non-hydrogen) atoms. The average molecular weight is 481 g/mol. The number of hydrogen-bond acceptors (Lipinski definition) is 5. The van der Waals surface area contributed by atoms with Crippen molar-refractivity contribution in [3.63, 3.8) is 0 Å². The molecular formula is C22H26F2N4O4S. The van der Waals surface area contributed by atoms with E-state index in [-0.39, 0.29) is 23.2 Å². The zero-order chi connectivity index (χ0) is 24.3. The Hall–Kier alpha value is -3.21. The van der Waals surface area contributed by atoms with Gasteiger partial charge in [0.2, 0.25) is 0 Å². The van der Waals surface area contributed by atoms with Crippen molar-refractivity contribution in [3.05, 3.63) is 40.8 Å². The van der Waals surface area contributed by atoms with Gasteiger partial charge in [0.25, 0.3) is 5.91 Å². The number of carbonyl (C=O) groups excluding carboxylic acids is 3. The highest BCUT2D eigenvalue weighted by atomic mass is 32.1. The van der Waals surface area contributed by atoms with Crippen LogP contribution in [0, 0.1) is 11.6 Å². The molecule has 178 valence electrons. The van der Waals surface area contributed by atoms with E-state index in [0.717, 1.165) is 23.5 Å². The summed E-state index contributed by atoms with van der Waals surface area (Å²) in [5, 5.41) is 5.27. The summed E-state index contributed by atoms with van der Waals surface area (Å²) in [7, 11) is 0. The van der Waals surface area contributed by atoms with Crippen molar-refractivity contribution < 1.29 is 27.9 Å². The first kappa shape index (κ1) is 24.4. The van der Waals surface area contributed by atoms with E-state index in [1.165, 1.54) is 12.1 Å². The minimum atomic E-state index is -1.03. The number of hydrogen-bond donors (Lipinski definition) is 3. The van der Waals surface area contributed by atoms with Crippen LogP contribution in [-0.2, 0) is 4.74 Å². The van der Waals surface area contributed by atoms with Crippen molar-refractivity contribution in [2.24, 2.45) is 5.73 Å². The predicted molar refractivity (Wildman–Crippen MR) is 121 cm³/mol. The standard InChI is InChI=1S/C22H26F2N4O4S/c1-22(2,3)32-21(31)28-8-4-5-13(11-28)26-19(29)18-16(27-20(25)30)10-17(33-18)12-6-7-14(23)15(24)9-12/h6-7,9-10,13H,4-5,8,11H2,1-3H3,(H,26,29)(H3,25,27,30)/t13-/m1/s1. The lowest BCUT2D eigenvalue weighted by Gasteiger charge is -2.34. The van der Waals surface area contributed by atoms with Crippen LogP contribution in [0.2, 0.25) is 0 Å². The monoisotopic (exact) mass is 480 g/mol. The topological polar surface area (TPSA) is 114 Å². The quantitative estimate of drug-likeness (QED) is 0.605. The summed E-state index contributed by atoms with van der Waals surface area (Å²) < 4.78 is 32.4. The Morgan fingerprint density at radius 1 is 1.18 bits per heavy atom. The van der Waals surface area contributed by atoms with Crippen molar-refractivity contribution in [2.45, 2.75) is 45.3 Å². The second-order valence-electron chi connectivity index (χ2n) is 8.71. The lowest BCUT2D eigenvalue weighted by molar-refractivity contribution is 0.0185. The maximum atomic E-state index is 13.7. The molecule has 1 atom stereocenters. The number of benzene rings is 1. The maximum Gasteiger partial charge on any atom is 0.410 e. The van der Waals surface area contributed by atoms with Crippen LogP contribution in [0.5, 0.6) is 0 Å². The number of nitrogens with one attached hydrogen (secondary N) is 2. The van der Waals surface area contributed by atoms with E-state index in [9.17, 15) is 23.2 Å². The third-order valence-electron chi connectivity index (χ3n) is 4.81. The Bertz CT molecular complexity index is 1070. The maximum absolute atomic E-state index is 13.7. The average Bonchev–Trinajstić information content (AvgIpc) is 3.12. The normalized spacial score (nSPS) is 16.3. The first-order valence-corrected chi connectivity index (χ1v) is 11.2. The molecule has 0 unspecified atom stereocenters. The Balaban J connectivity index is 1.78. The summed E-state index contributed by atoms with van der Waals surface area (Å²) in [6, 6.07) is 3.65. The Labute approximate surface area is 194 Å². The number of likely N-dealkylation sites (tertiary alicyclic amines) is 1. The van der Waals surface area contributed by atoms with Gasteiger partial charge in [-0.1, -0.05) is 6.07 Å². The molecule has 0 aliphatic carbocycles. The Kier molecular flexibility index (Phi) is 7.21. The molecule has 0 bridgehead atoms. The number of carbonyl (C=O) groups is 3. The number of amides is 4. The number of anilines is 1. The minimum Gasteiger partial charge on any atom is -0.444 e. The molecule has 1 aromatic carbocycles. The first-order valence-electron chi connectivity index (χ1n) is 10.4. The van der Waals surface area contributed by atoms with Gasteiger partial charge in [-0.25, -0.2) is 18.4 Å². The molecule has 8 nitrogen and oxygen atoms in total. The van der Waals surface area contributed by atoms with Gasteiger partial charge in [0.1, 0.15) is 10.5 Å². The molecule has 0 radical (unpaired) electrons. The number of primary amides is 1. The van der Waals surface area contributed by atoms with Gasteiger partial charge in [0, 0.05) is 24.0 Å². The second kappa shape index (κ2) is 9.74. The summed E-state index contributed by atoms with van der Waals surface area (Å²) in [4.78, 5) is 39.0. The molecule has 1 aromatic heterocycles. The second-order valence-corrected chi connectivity index (χ2v) is 9.76. The summed E-state index contributed by atoms with van der Waals surface area (Å²) in [5.74, 6) is -2.50. The predicted octanol–water partition coefficient (Wildman–Crippen LogP) is 4.31. The van der Waals surface area contributed by atoms with Gasteiger partial charge < -0.3 is 26.0 Å². The molecule has 2 heterocycles. The number of nitrogens with two attached hydrogens (primary N) is 1. The van der Waals surface area contributed by atoms with Gasteiger partial charge in [-0.05, 0) is 57.4 Å². The fourth-order valence-electron chi connectivity index (χ4n) is 3.42. The molecule has 4 amide bonds. The Morgan fingerprint density at radius 3 is 2.55 bits per heavy atom. The van der Waals surface area contributed by atoms with Crippen molar-refractivity contribution in [3.8, 4) is 10.4 Å². The number of piperidine rings is 1. The molecule has 1 fully saturated rings. The number of rotatable bonds is 4. The van der Waals surface area contributed by atoms with Crippen LogP contribution in [0.4, 0.5) is 24.1 Å². The summed E-state index contributed by atoms with van der Waals surface area (Å²) in [6.45, 7) is 6.14. The van der Waals surface area contributed by atoms with Crippen molar-refractivity contribution in [2.75, 3.05) is 18.4 Å². The molecule has 11 heteroatoms. The highest BCUT2D eigenvalue weighted by Crippen LogP contribution is 2.35. The zero-order valence-corrected chi connectivity index (χ0v) is 19.4. The summed E-state index contributed by atoms with van der Waals surface area (Å²) >= 11 is 1.00. The fourth-order valence-corrected chi connectivity index (χ4v) is 4.43. The van der Waals surface area contributed by atoms with E-state index in [4.69, 9.17) is 10.5 Å². The van der Waals surface area contributed by atoms with E-state index < -0.39 is 35.3 Å². The van der Waals surface area contributed by atoms with Crippen molar-refractivity contribution >= 4 is 35.1 Å².